The molecular formula is C25H48N4O6S. The quantitative estimate of drug-likeness (QED) is 0.0896. The van der Waals surface area contributed by atoms with Crippen molar-refractivity contribution in [1.82, 2.24) is 16.0 Å². The van der Waals surface area contributed by atoms with E-state index < -0.39 is 27.3 Å². The highest BCUT2D eigenvalue weighted by atomic mass is 32.1. The van der Waals surface area contributed by atoms with Crippen molar-refractivity contribution in [2.75, 3.05) is 20.2 Å². The van der Waals surface area contributed by atoms with E-state index in [1.54, 1.807) is 41.7 Å². The number of primary amides is 1. The monoisotopic (exact) mass is 532 g/mol. The lowest BCUT2D eigenvalue weighted by atomic mass is 9.74. The molecular weight excluding hydrogens is 484 g/mol. The Morgan fingerprint density at radius 3 is 2.08 bits per heavy atom. The molecule has 0 aliphatic heterocycles. The van der Waals surface area contributed by atoms with Crippen LogP contribution in [0.4, 0.5) is 0 Å². The molecule has 0 bridgehead atoms. The highest BCUT2D eigenvalue weighted by Crippen LogP contribution is 2.35. The molecule has 0 aromatic heterocycles. The molecule has 210 valence electrons. The van der Waals surface area contributed by atoms with Crippen LogP contribution >= 0.6 is 12.6 Å². The lowest BCUT2D eigenvalue weighted by Crippen LogP contribution is -2.50. The topological polar surface area (TPSA) is 160 Å². The van der Waals surface area contributed by atoms with Gasteiger partial charge in [0.1, 0.15) is 0 Å². The first-order valence-corrected chi connectivity index (χ1v) is 12.8. The number of carboxylic acid groups (broad SMARTS) is 1. The molecule has 3 amide bonds. The lowest BCUT2D eigenvalue weighted by Gasteiger charge is -2.35. The van der Waals surface area contributed by atoms with Gasteiger partial charge in [-0.25, -0.2) is 0 Å². The largest absolute Gasteiger partial charge is 0.481 e. The predicted octanol–water partition coefficient (Wildman–Crippen LogP) is 2.21. The summed E-state index contributed by atoms with van der Waals surface area (Å²) < 4.78 is 5.92. The van der Waals surface area contributed by atoms with E-state index in [-0.39, 0.29) is 43.2 Å². The number of unbranched alkanes of at least 4 members (excludes halogenated alkanes) is 1. The van der Waals surface area contributed by atoms with Crippen molar-refractivity contribution in [1.29, 1.82) is 0 Å². The fourth-order valence-electron chi connectivity index (χ4n) is 3.89. The van der Waals surface area contributed by atoms with Gasteiger partial charge in [-0.3, -0.25) is 19.2 Å². The summed E-state index contributed by atoms with van der Waals surface area (Å²) in [5.41, 5.74) is 2.63. The number of nitrogens with one attached hydrogen (secondary N) is 3. The zero-order valence-electron chi connectivity index (χ0n) is 23.2. The fraction of sp³-hybridized carbons (Fsp3) is 0.840. The molecule has 0 saturated carbocycles. The maximum atomic E-state index is 12.8. The number of likely N-dealkylation sites (N-methyl/N-ethyl adjacent to an activating group) is 1. The number of hydrogen-bond donors (Lipinski definition) is 6. The van der Waals surface area contributed by atoms with Crippen LogP contribution in [0.25, 0.3) is 0 Å². The zero-order valence-corrected chi connectivity index (χ0v) is 24.1. The predicted molar refractivity (Wildman–Crippen MR) is 144 cm³/mol. The number of rotatable bonds is 18. The van der Waals surface area contributed by atoms with Crippen LogP contribution in [-0.2, 0) is 23.9 Å². The van der Waals surface area contributed by atoms with Crippen molar-refractivity contribution >= 4 is 36.3 Å². The maximum absolute atomic E-state index is 12.8. The van der Waals surface area contributed by atoms with Crippen LogP contribution in [0.2, 0.25) is 0 Å². The van der Waals surface area contributed by atoms with E-state index >= 15 is 0 Å². The normalized spacial score (nSPS) is 15.0. The highest BCUT2D eigenvalue weighted by molar-refractivity contribution is 7.81. The third kappa shape index (κ3) is 13.5. The van der Waals surface area contributed by atoms with Crippen LogP contribution in [0.15, 0.2) is 0 Å². The summed E-state index contributed by atoms with van der Waals surface area (Å²) in [5, 5.41) is 18.0. The molecule has 10 nitrogen and oxygen atoms in total. The summed E-state index contributed by atoms with van der Waals surface area (Å²) in [6.07, 6.45) is 2.83. The molecule has 0 saturated heterocycles. The fourth-order valence-corrected chi connectivity index (χ4v) is 4.09. The Balaban J connectivity index is 4.51. The number of carbonyl (C=O) groups excluding carboxylic acids is 3. The number of amides is 3. The Labute approximate surface area is 221 Å². The standard InChI is InChI=1S/C25H48N4O6S/c1-22(2,16-23(3,4)21(33)34)20(32)29-25(7,36)12-14-35-24(5,6)15-18(30)28-13-10-9-11-17(27-8)19(26)31/h17,27,36H,9-16H2,1-8H3,(H2,26,31)(H,28,30)(H,29,32)(H,33,34). The number of thiol groups is 1. The first-order chi connectivity index (χ1) is 16.2. The number of nitrogens with two attached hydrogens (primary N) is 1. The summed E-state index contributed by atoms with van der Waals surface area (Å²) in [6.45, 7) is 12.8. The van der Waals surface area contributed by atoms with Crippen molar-refractivity contribution in [3.63, 3.8) is 0 Å². The van der Waals surface area contributed by atoms with Crippen molar-refractivity contribution in [2.45, 2.75) is 104 Å². The van der Waals surface area contributed by atoms with Crippen molar-refractivity contribution in [3.8, 4) is 0 Å². The van der Waals surface area contributed by atoms with Crippen LogP contribution in [0.3, 0.4) is 0 Å². The second kappa shape index (κ2) is 14.2. The summed E-state index contributed by atoms with van der Waals surface area (Å²) in [4.78, 5) is 46.9. The second-order valence-corrected chi connectivity index (χ2v) is 12.6. The molecule has 2 unspecified atom stereocenters. The number of ether oxygens (including phenoxy) is 1. The molecule has 0 spiro atoms. The number of carbonyl (C=O) groups is 4. The minimum absolute atomic E-state index is 0.134. The molecule has 0 fully saturated rings. The molecule has 0 aliphatic rings. The van der Waals surface area contributed by atoms with Gasteiger partial charge in [-0.05, 0) is 67.3 Å². The Kier molecular flexibility index (Phi) is 13.5. The van der Waals surface area contributed by atoms with Crippen molar-refractivity contribution in [3.05, 3.63) is 0 Å². The van der Waals surface area contributed by atoms with E-state index in [1.165, 1.54) is 0 Å². The average Bonchev–Trinajstić information content (AvgIpc) is 2.68. The van der Waals surface area contributed by atoms with Crippen LogP contribution in [-0.4, -0.2) is 65.5 Å². The first-order valence-electron chi connectivity index (χ1n) is 12.4. The molecule has 0 radical (unpaired) electrons. The zero-order chi connectivity index (χ0) is 28.4. The van der Waals surface area contributed by atoms with E-state index in [0.717, 1.165) is 12.8 Å². The summed E-state index contributed by atoms with van der Waals surface area (Å²) >= 11 is 4.57. The van der Waals surface area contributed by atoms with Crippen molar-refractivity contribution < 1.29 is 29.0 Å². The first kappa shape index (κ1) is 34.1. The van der Waals surface area contributed by atoms with Gasteiger partial charge in [0.15, 0.2) is 0 Å². The summed E-state index contributed by atoms with van der Waals surface area (Å²) in [5.74, 6) is -1.76. The molecule has 0 aromatic rings. The van der Waals surface area contributed by atoms with Crippen LogP contribution in [0, 0.1) is 10.8 Å². The third-order valence-electron chi connectivity index (χ3n) is 6.06. The highest BCUT2D eigenvalue weighted by Gasteiger charge is 2.40. The van der Waals surface area contributed by atoms with Gasteiger partial charge >= 0.3 is 5.97 Å². The maximum Gasteiger partial charge on any atom is 0.309 e. The van der Waals surface area contributed by atoms with E-state index in [0.29, 0.717) is 19.4 Å². The average molecular weight is 533 g/mol. The number of hydrogen-bond acceptors (Lipinski definition) is 7. The van der Waals surface area contributed by atoms with Crippen LogP contribution < -0.4 is 21.7 Å². The SMILES string of the molecule is CNC(CCCCNC(=O)CC(C)(C)OCCC(C)(S)NC(=O)C(C)(C)CC(C)(C)C(=O)O)C(N)=O. The van der Waals surface area contributed by atoms with Gasteiger partial charge in [0.05, 0.1) is 35.0 Å². The Bertz CT molecular complexity index is 768. The number of aliphatic carboxylic acids is 1. The van der Waals surface area contributed by atoms with Crippen LogP contribution in [0.1, 0.15) is 87.0 Å². The summed E-state index contributed by atoms with van der Waals surface area (Å²) in [6, 6.07) is -0.363. The molecule has 0 rings (SSSR count). The molecule has 0 aliphatic carbocycles. The summed E-state index contributed by atoms with van der Waals surface area (Å²) in [7, 11) is 1.69. The second-order valence-electron chi connectivity index (χ2n) is 11.6. The lowest BCUT2D eigenvalue weighted by molar-refractivity contribution is -0.150. The Hall–Kier alpha value is -1.85. The van der Waals surface area contributed by atoms with Gasteiger partial charge in [0, 0.05) is 18.4 Å². The van der Waals surface area contributed by atoms with Gasteiger partial charge in [0.2, 0.25) is 17.7 Å². The van der Waals surface area contributed by atoms with Gasteiger partial charge in [0.25, 0.3) is 0 Å². The molecule has 6 N–H and O–H groups in total. The van der Waals surface area contributed by atoms with Crippen LogP contribution in [0.5, 0.6) is 0 Å². The minimum atomic E-state index is -1.04. The van der Waals surface area contributed by atoms with Gasteiger partial charge in [-0.1, -0.05) is 13.8 Å². The van der Waals surface area contributed by atoms with Crippen molar-refractivity contribution in [2.24, 2.45) is 16.6 Å². The van der Waals surface area contributed by atoms with E-state index in [2.05, 4.69) is 28.6 Å². The molecule has 2 atom stereocenters. The van der Waals surface area contributed by atoms with Gasteiger partial charge in [-0.2, -0.15) is 12.6 Å². The van der Waals surface area contributed by atoms with Gasteiger partial charge in [-0.15, -0.1) is 0 Å². The minimum Gasteiger partial charge on any atom is -0.481 e. The van der Waals surface area contributed by atoms with E-state index in [4.69, 9.17) is 10.5 Å². The Morgan fingerprint density at radius 1 is 1.00 bits per heavy atom. The van der Waals surface area contributed by atoms with E-state index in [1.807, 2.05) is 13.8 Å². The van der Waals surface area contributed by atoms with Gasteiger partial charge < -0.3 is 31.5 Å². The molecule has 0 heterocycles. The molecule has 11 heteroatoms. The molecule has 36 heavy (non-hydrogen) atoms. The number of carboxylic acids is 1. The van der Waals surface area contributed by atoms with E-state index in [9.17, 15) is 24.3 Å². The Morgan fingerprint density at radius 2 is 1.58 bits per heavy atom. The smallest absolute Gasteiger partial charge is 0.309 e. The molecule has 0 aromatic carbocycles. The third-order valence-corrected chi connectivity index (χ3v) is 6.40.